The standard InChI is InChI=1S/C9H7BrN2O/c1-6-7(10)2-3-8-11-5-4-9(13)12(6)8/h2-5H,1H3. The molecule has 2 aromatic heterocycles. The van der Waals surface area contributed by atoms with Crippen LogP contribution in [-0.2, 0) is 0 Å². The van der Waals surface area contributed by atoms with Gasteiger partial charge in [-0.15, -0.1) is 0 Å². The van der Waals surface area contributed by atoms with Crippen LogP contribution in [-0.4, -0.2) is 9.38 Å². The van der Waals surface area contributed by atoms with Gasteiger partial charge in [0.2, 0.25) is 0 Å². The summed E-state index contributed by atoms with van der Waals surface area (Å²) in [6, 6.07) is 5.14. The van der Waals surface area contributed by atoms with Crippen LogP contribution >= 0.6 is 15.9 Å². The van der Waals surface area contributed by atoms with E-state index in [0.29, 0.717) is 5.65 Å². The van der Waals surface area contributed by atoms with Crippen LogP contribution in [0.5, 0.6) is 0 Å². The fourth-order valence-corrected chi connectivity index (χ4v) is 1.56. The van der Waals surface area contributed by atoms with Crippen molar-refractivity contribution in [3.8, 4) is 0 Å². The van der Waals surface area contributed by atoms with Crippen LogP contribution in [0.2, 0.25) is 0 Å². The first kappa shape index (κ1) is 8.44. The van der Waals surface area contributed by atoms with Gasteiger partial charge in [0, 0.05) is 22.4 Å². The molecule has 0 aliphatic heterocycles. The van der Waals surface area contributed by atoms with Crippen LogP contribution in [0.3, 0.4) is 0 Å². The monoisotopic (exact) mass is 238 g/mol. The predicted molar refractivity (Wildman–Crippen MR) is 53.9 cm³/mol. The van der Waals surface area contributed by atoms with Gasteiger partial charge in [0.1, 0.15) is 5.65 Å². The SMILES string of the molecule is Cc1c(Br)ccc2nccc(=O)n12. The third-order valence-electron chi connectivity index (χ3n) is 1.93. The topological polar surface area (TPSA) is 34.4 Å². The maximum atomic E-state index is 11.5. The fraction of sp³-hybridized carbons (Fsp3) is 0.111. The zero-order valence-electron chi connectivity index (χ0n) is 6.99. The average Bonchev–Trinajstić information content (AvgIpc) is 2.12. The molecule has 0 fully saturated rings. The van der Waals surface area contributed by atoms with Crippen molar-refractivity contribution >= 4 is 21.6 Å². The second kappa shape index (κ2) is 2.96. The van der Waals surface area contributed by atoms with Crippen molar-refractivity contribution in [3.63, 3.8) is 0 Å². The van der Waals surface area contributed by atoms with Gasteiger partial charge < -0.3 is 0 Å². The number of pyridine rings is 1. The predicted octanol–water partition coefficient (Wildman–Crippen LogP) is 1.77. The van der Waals surface area contributed by atoms with Crippen LogP contribution < -0.4 is 5.56 Å². The molecule has 2 aromatic rings. The van der Waals surface area contributed by atoms with Crippen LogP contribution in [0.25, 0.3) is 5.65 Å². The Balaban J connectivity index is 3.06. The normalized spacial score (nSPS) is 10.6. The lowest BCUT2D eigenvalue weighted by atomic mass is 10.3. The van der Waals surface area contributed by atoms with Gasteiger partial charge in [0.05, 0.1) is 0 Å². The van der Waals surface area contributed by atoms with Crippen molar-refractivity contribution in [1.82, 2.24) is 9.38 Å². The minimum absolute atomic E-state index is 0.0520. The summed E-state index contributed by atoms with van der Waals surface area (Å²) in [5, 5.41) is 0. The molecule has 0 amide bonds. The summed E-state index contributed by atoms with van der Waals surface area (Å²) >= 11 is 3.36. The molecule has 0 bridgehead atoms. The first-order chi connectivity index (χ1) is 6.20. The number of aryl methyl sites for hydroxylation is 1. The summed E-state index contributed by atoms with van der Waals surface area (Å²) in [5.74, 6) is 0. The Morgan fingerprint density at radius 2 is 2.15 bits per heavy atom. The molecule has 4 heteroatoms. The molecular weight excluding hydrogens is 232 g/mol. The van der Waals surface area contributed by atoms with E-state index in [-0.39, 0.29) is 5.56 Å². The van der Waals surface area contributed by atoms with Crippen LogP contribution in [0.1, 0.15) is 5.69 Å². The molecule has 0 aliphatic carbocycles. The third-order valence-corrected chi connectivity index (χ3v) is 2.77. The summed E-state index contributed by atoms with van der Waals surface area (Å²) in [6.45, 7) is 1.88. The zero-order chi connectivity index (χ0) is 9.42. The quantitative estimate of drug-likeness (QED) is 0.702. The Morgan fingerprint density at radius 1 is 1.38 bits per heavy atom. The van der Waals surface area contributed by atoms with Crippen molar-refractivity contribution in [2.45, 2.75) is 6.92 Å². The second-order valence-corrected chi connectivity index (χ2v) is 3.60. The van der Waals surface area contributed by atoms with Crippen molar-refractivity contribution in [1.29, 1.82) is 0 Å². The van der Waals surface area contributed by atoms with E-state index in [1.807, 2.05) is 13.0 Å². The number of hydrogen-bond donors (Lipinski definition) is 0. The highest BCUT2D eigenvalue weighted by atomic mass is 79.9. The maximum Gasteiger partial charge on any atom is 0.258 e. The van der Waals surface area contributed by atoms with Crippen molar-refractivity contribution in [2.75, 3.05) is 0 Å². The van der Waals surface area contributed by atoms with Gasteiger partial charge in [0.25, 0.3) is 5.56 Å². The molecule has 0 aliphatic rings. The van der Waals surface area contributed by atoms with E-state index in [1.54, 1.807) is 10.5 Å². The Bertz CT molecular complexity index is 518. The largest absolute Gasteiger partial charge is 0.269 e. The first-order valence-electron chi connectivity index (χ1n) is 3.83. The molecule has 0 saturated heterocycles. The highest BCUT2D eigenvalue weighted by Crippen LogP contribution is 2.14. The molecule has 2 heterocycles. The molecule has 2 rings (SSSR count). The summed E-state index contributed by atoms with van der Waals surface area (Å²) in [6.07, 6.45) is 1.52. The third kappa shape index (κ3) is 1.27. The Morgan fingerprint density at radius 3 is 2.92 bits per heavy atom. The van der Waals surface area contributed by atoms with Gasteiger partial charge in [-0.05, 0) is 35.0 Å². The number of hydrogen-bond acceptors (Lipinski definition) is 2. The minimum Gasteiger partial charge on any atom is -0.269 e. The smallest absolute Gasteiger partial charge is 0.258 e. The second-order valence-electron chi connectivity index (χ2n) is 2.74. The number of fused-ring (bicyclic) bond motifs is 1. The summed E-state index contributed by atoms with van der Waals surface area (Å²) in [5.41, 5.74) is 1.49. The number of rotatable bonds is 0. The van der Waals surface area contributed by atoms with E-state index < -0.39 is 0 Å². The molecule has 66 valence electrons. The van der Waals surface area contributed by atoms with Crippen molar-refractivity contribution < 1.29 is 0 Å². The van der Waals surface area contributed by atoms with E-state index >= 15 is 0 Å². The maximum absolute atomic E-state index is 11.5. The van der Waals surface area contributed by atoms with Crippen molar-refractivity contribution in [2.24, 2.45) is 0 Å². The molecular formula is C9H7BrN2O. The number of nitrogens with zero attached hydrogens (tertiary/aromatic N) is 2. The molecule has 0 spiro atoms. The minimum atomic E-state index is -0.0520. The molecule has 0 aromatic carbocycles. The van der Waals surface area contributed by atoms with E-state index in [1.165, 1.54) is 12.3 Å². The van der Waals surface area contributed by atoms with Crippen molar-refractivity contribution in [3.05, 3.63) is 44.9 Å². The van der Waals surface area contributed by atoms with E-state index in [9.17, 15) is 4.79 Å². The van der Waals surface area contributed by atoms with E-state index in [0.717, 1.165) is 10.2 Å². The highest BCUT2D eigenvalue weighted by Gasteiger charge is 2.01. The van der Waals surface area contributed by atoms with Gasteiger partial charge >= 0.3 is 0 Å². The van der Waals surface area contributed by atoms with Crippen LogP contribution in [0.4, 0.5) is 0 Å². The fourth-order valence-electron chi connectivity index (χ4n) is 1.25. The van der Waals surface area contributed by atoms with Gasteiger partial charge in [-0.3, -0.25) is 9.20 Å². The Kier molecular flexibility index (Phi) is 1.92. The molecule has 0 radical (unpaired) electrons. The van der Waals surface area contributed by atoms with E-state index in [2.05, 4.69) is 20.9 Å². The summed E-state index contributed by atoms with van der Waals surface area (Å²) in [7, 11) is 0. The summed E-state index contributed by atoms with van der Waals surface area (Å²) < 4.78 is 2.49. The highest BCUT2D eigenvalue weighted by molar-refractivity contribution is 9.10. The average molecular weight is 239 g/mol. The Hall–Kier alpha value is -1.16. The molecule has 3 nitrogen and oxygen atoms in total. The summed E-state index contributed by atoms with van der Waals surface area (Å²) in [4.78, 5) is 15.5. The molecule has 13 heavy (non-hydrogen) atoms. The van der Waals surface area contributed by atoms with Crippen LogP contribution in [0, 0.1) is 6.92 Å². The zero-order valence-corrected chi connectivity index (χ0v) is 8.58. The first-order valence-corrected chi connectivity index (χ1v) is 4.62. The lowest BCUT2D eigenvalue weighted by Crippen LogP contribution is -2.15. The Labute approximate surface area is 83.2 Å². The lowest BCUT2D eigenvalue weighted by molar-refractivity contribution is 0.982. The molecule has 0 unspecified atom stereocenters. The van der Waals surface area contributed by atoms with Gasteiger partial charge in [-0.2, -0.15) is 0 Å². The molecule has 0 atom stereocenters. The molecule has 0 saturated carbocycles. The van der Waals surface area contributed by atoms with Crippen LogP contribution in [0.15, 0.2) is 33.7 Å². The van der Waals surface area contributed by atoms with E-state index in [4.69, 9.17) is 0 Å². The number of aromatic nitrogens is 2. The lowest BCUT2D eigenvalue weighted by Gasteiger charge is -2.04. The van der Waals surface area contributed by atoms with Gasteiger partial charge in [-0.1, -0.05) is 0 Å². The molecule has 0 N–H and O–H groups in total. The van der Waals surface area contributed by atoms with Gasteiger partial charge in [-0.25, -0.2) is 4.98 Å². The van der Waals surface area contributed by atoms with Gasteiger partial charge in [0.15, 0.2) is 0 Å². The number of halogens is 1.